The van der Waals surface area contributed by atoms with Crippen molar-refractivity contribution in [3.05, 3.63) is 89.4 Å². The predicted molar refractivity (Wildman–Crippen MR) is 153 cm³/mol. The number of nitrogens with zero attached hydrogens (tertiary/aromatic N) is 2. The number of rotatable bonds is 12. The molecule has 0 saturated carbocycles. The number of carbonyl (C=O) groups excluding carboxylic acids is 2. The summed E-state index contributed by atoms with van der Waals surface area (Å²) in [7, 11) is -2.58. The summed E-state index contributed by atoms with van der Waals surface area (Å²) in [6.07, 6.45) is 0.334. The number of benzene rings is 3. The number of ether oxygens (including phenoxy) is 1. The maximum Gasteiger partial charge on any atom is 0.264 e. The zero-order valence-corrected chi connectivity index (χ0v) is 24.1. The Hall–Kier alpha value is -3.56. The highest BCUT2D eigenvalue weighted by Gasteiger charge is 2.33. The molecule has 0 unspecified atom stereocenters. The van der Waals surface area contributed by atoms with Gasteiger partial charge in [0.25, 0.3) is 10.0 Å². The van der Waals surface area contributed by atoms with Gasteiger partial charge in [-0.25, -0.2) is 8.42 Å². The minimum Gasteiger partial charge on any atom is -0.497 e. The molecule has 8 nitrogen and oxygen atoms in total. The molecule has 3 rings (SSSR count). The van der Waals surface area contributed by atoms with Crippen LogP contribution in [-0.4, -0.2) is 50.9 Å². The predicted octanol–water partition coefficient (Wildman–Crippen LogP) is 4.88. The van der Waals surface area contributed by atoms with Gasteiger partial charge in [0, 0.05) is 17.6 Å². The molecule has 0 aliphatic heterocycles. The van der Waals surface area contributed by atoms with Crippen molar-refractivity contribution in [2.24, 2.45) is 0 Å². The molecule has 0 aromatic heterocycles. The van der Waals surface area contributed by atoms with E-state index < -0.39 is 28.5 Å². The molecule has 0 fully saturated rings. The van der Waals surface area contributed by atoms with Gasteiger partial charge in [-0.3, -0.25) is 13.9 Å². The normalized spacial score (nSPS) is 12.1. The molecule has 3 aromatic rings. The number of amides is 2. The first-order valence-corrected chi connectivity index (χ1v) is 14.4. The number of carbonyl (C=O) groups is 2. The van der Waals surface area contributed by atoms with Gasteiger partial charge in [0.15, 0.2) is 0 Å². The van der Waals surface area contributed by atoms with Gasteiger partial charge >= 0.3 is 0 Å². The molecule has 0 radical (unpaired) electrons. The minimum absolute atomic E-state index is 0.0386. The Labute approximate surface area is 235 Å². The van der Waals surface area contributed by atoms with Crippen LogP contribution in [0, 0.1) is 0 Å². The van der Waals surface area contributed by atoms with E-state index in [0.29, 0.717) is 17.2 Å². The van der Waals surface area contributed by atoms with E-state index in [4.69, 9.17) is 16.3 Å². The fraction of sp³-hybridized carbons (Fsp3) is 0.310. The number of nitrogens with one attached hydrogen (secondary N) is 1. The molecule has 39 heavy (non-hydrogen) atoms. The second-order valence-corrected chi connectivity index (χ2v) is 11.6. The second-order valence-electron chi connectivity index (χ2n) is 9.26. The molecule has 0 saturated heterocycles. The van der Waals surface area contributed by atoms with Gasteiger partial charge < -0.3 is 15.0 Å². The topological polar surface area (TPSA) is 96.0 Å². The van der Waals surface area contributed by atoms with Crippen LogP contribution < -0.4 is 14.4 Å². The summed E-state index contributed by atoms with van der Waals surface area (Å²) >= 11 is 6.06. The molecular formula is C29H34ClN3O5S. The van der Waals surface area contributed by atoms with Gasteiger partial charge in [-0.15, -0.1) is 0 Å². The van der Waals surface area contributed by atoms with E-state index in [1.165, 1.54) is 17.0 Å². The zero-order valence-electron chi connectivity index (χ0n) is 22.5. The van der Waals surface area contributed by atoms with Gasteiger partial charge in [-0.2, -0.15) is 0 Å². The Morgan fingerprint density at radius 1 is 0.974 bits per heavy atom. The van der Waals surface area contributed by atoms with E-state index in [0.717, 1.165) is 9.87 Å². The Bertz CT molecular complexity index is 1370. The van der Waals surface area contributed by atoms with E-state index in [2.05, 4.69) is 5.32 Å². The summed E-state index contributed by atoms with van der Waals surface area (Å²) in [4.78, 5) is 28.6. The summed E-state index contributed by atoms with van der Waals surface area (Å²) in [5.74, 6) is -0.236. The number of anilines is 1. The van der Waals surface area contributed by atoms with Crippen LogP contribution in [-0.2, 0) is 26.2 Å². The average Bonchev–Trinajstić information content (AvgIpc) is 2.92. The fourth-order valence-electron chi connectivity index (χ4n) is 4.12. The molecule has 208 valence electrons. The lowest BCUT2D eigenvalue weighted by Gasteiger charge is -2.33. The van der Waals surface area contributed by atoms with Crippen molar-refractivity contribution in [1.82, 2.24) is 10.2 Å². The fourth-order valence-corrected chi connectivity index (χ4v) is 5.68. The third-order valence-electron chi connectivity index (χ3n) is 6.03. The van der Waals surface area contributed by atoms with E-state index in [1.54, 1.807) is 67.8 Å². The molecule has 0 spiro atoms. The maximum absolute atomic E-state index is 14.0. The van der Waals surface area contributed by atoms with E-state index in [9.17, 15) is 18.0 Å². The Morgan fingerprint density at radius 2 is 1.64 bits per heavy atom. The van der Waals surface area contributed by atoms with Crippen LogP contribution in [0.25, 0.3) is 0 Å². The van der Waals surface area contributed by atoms with Gasteiger partial charge in [0.1, 0.15) is 18.3 Å². The third kappa shape index (κ3) is 7.74. The smallest absolute Gasteiger partial charge is 0.264 e. The van der Waals surface area contributed by atoms with Crippen LogP contribution in [0.4, 0.5) is 5.69 Å². The van der Waals surface area contributed by atoms with Crippen LogP contribution >= 0.6 is 11.6 Å². The molecule has 2 amide bonds. The van der Waals surface area contributed by atoms with Crippen molar-refractivity contribution in [3.63, 3.8) is 0 Å². The minimum atomic E-state index is -4.13. The summed E-state index contributed by atoms with van der Waals surface area (Å²) in [6, 6.07) is 20.4. The Morgan fingerprint density at radius 3 is 2.23 bits per heavy atom. The molecule has 1 N–H and O–H groups in total. The average molecular weight is 572 g/mol. The van der Waals surface area contributed by atoms with Crippen molar-refractivity contribution in [1.29, 1.82) is 0 Å². The van der Waals surface area contributed by atoms with E-state index >= 15 is 0 Å². The molecule has 3 aromatic carbocycles. The molecule has 1 atom stereocenters. The van der Waals surface area contributed by atoms with Gasteiger partial charge in [-0.05, 0) is 74.4 Å². The van der Waals surface area contributed by atoms with Crippen molar-refractivity contribution in [3.8, 4) is 5.75 Å². The number of halogens is 1. The van der Waals surface area contributed by atoms with Gasteiger partial charge in [0.2, 0.25) is 11.8 Å². The molecule has 0 aliphatic carbocycles. The highest BCUT2D eigenvalue weighted by Crippen LogP contribution is 2.26. The van der Waals surface area contributed by atoms with Crippen LogP contribution in [0.3, 0.4) is 0 Å². The quantitative estimate of drug-likeness (QED) is 0.334. The lowest BCUT2D eigenvalue weighted by molar-refractivity contribution is -0.140. The molecule has 0 heterocycles. The standard InChI is InChI=1S/C29H34ClN3O5S/c1-5-27(29(35)31-21(2)3)32(19-22-10-9-11-25(18-22)38-4)28(34)20-33(24-16-14-23(30)15-17-24)39(36,37)26-12-7-6-8-13-26/h6-18,21,27H,5,19-20H2,1-4H3,(H,31,35)/t27-/m0/s1. The molecule has 0 aliphatic rings. The Kier molecular flexibility index (Phi) is 10.4. The maximum atomic E-state index is 14.0. The first kappa shape index (κ1) is 30.0. The van der Waals surface area contributed by atoms with Crippen molar-refractivity contribution >= 4 is 39.1 Å². The van der Waals surface area contributed by atoms with Crippen molar-refractivity contribution in [2.45, 2.75) is 50.7 Å². The monoisotopic (exact) mass is 571 g/mol. The summed E-state index contributed by atoms with van der Waals surface area (Å²) in [5.41, 5.74) is 1.01. The van der Waals surface area contributed by atoms with Crippen LogP contribution in [0.2, 0.25) is 5.02 Å². The first-order valence-electron chi connectivity index (χ1n) is 12.6. The molecule has 0 bridgehead atoms. The van der Waals surface area contributed by atoms with Crippen molar-refractivity contribution < 1.29 is 22.7 Å². The Balaban J connectivity index is 2.05. The van der Waals surface area contributed by atoms with Crippen LogP contribution in [0.5, 0.6) is 5.75 Å². The van der Waals surface area contributed by atoms with Crippen molar-refractivity contribution in [2.75, 3.05) is 18.0 Å². The van der Waals surface area contributed by atoms with Gasteiger partial charge in [0.05, 0.1) is 17.7 Å². The van der Waals surface area contributed by atoms with Gasteiger partial charge in [-0.1, -0.05) is 48.9 Å². The SMILES string of the molecule is CC[C@@H](C(=O)NC(C)C)N(Cc1cccc(OC)c1)C(=O)CN(c1ccc(Cl)cc1)S(=O)(=O)c1ccccc1. The van der Waals surface area contributed by atoms with E-state index in [1.807, 2.05) is 26.8 Å². The zero-order chi connectivity index (χ0) is 28.6. The summed E-state index contributed by atoms with van der Waals surface area (Å²) in [6.45, 7) is 5.06. The first-order chi connectivity index (χ1) is 18.6. The third-order valence-corrected chi connectivity index (χ3v) is 8.07. The number of hydrogen-bond acceptors (Lipinski definition) is 5. The summed E-state index contributed by atoms with van der Waals surface area (Å²) in [5, 5.41) is 3.31. The molecular weight excluding hydrogens is 538 g/mol. The second kappa shape index (κ2) is 13.5. The highest BCUT2D eigenvalue weighted by molar-refractivity contribution is 7.92. The lowest BCUT2D eigenvalue weighted by Crippen LogP contribution is -2.53. The molecule has 10 heteroatoms. The van der Waals surface area contributed by atoms with E-state index in [-0.39, 0.29) is 29.1 Å². The summed E-state index contributed by atoms with van der Waals surface area (Å²) < 4.78 is 33.9. The highest BCUT2D eigenvalue weighted by atomic mass is 35.5. The van der Waals surface area contributed by atoms with Crippen LogP contribution in [0.15, 0.2) is 83.8 Å². The number of hydrogen-bond donors (Lipinski definition) is 1. The number of sulfonamides is 1. The lowest BCUT2D eigenvalue weighted by atomic mass is 10.1. The largest absolute Gasteiger partial charge is 0.497 e. The van der Waals surface area contributed by atoms with Crippen LogP contribution in [0.1, 0.15) is 32.8 Å². The number of methoxy groups -OCH3 is 1.